The van der Waals surface area contributed by atoms with Crippen LogP contribution in [0.15, 0.2) is 29.2 Å². The number of nitrogens with one attached hydrogen (secondary N) is 1. The molecule has 22 heavy (non-hydrogen) atoms. The number of ether oxygens (including phenoxy) is 2. The Morgan fingerprint density at radius 2 is 1.82 bits per heavy atom. The number of hydrogen-bond donors (Lipinski definition) is 1. The van der Waals surface area contributed by atoms with Gasteiger partial charge in [-0.3, -0.25) is 4.79 Å². The van der Waals surface area contributed by atoms with Gasteiger partial charge < -0.3 is 14.8 Å². The van der Waals surface area contributed by atoms with Crippen molar-refractivity contribution in [3.63, 3.8) is 0 Å². The van der Waals surface area contributed by atoms with Gasteiger partial charge in [0.05, 0.1) is 20.0 Å². The van der Waals surface area contributed by atoms with Gasteiger partial charge in [-0.2, -0.15) is 0 Å². The molecule has 1 N–H and O–H groups in total. The van der Waals surface area contributed by atoms with Crippen molar-refractivity contribution in [2.45, 2.75) is 31.2 Å². The first kappa shape index (κ1) is 18.4. The van der Waals surface area contributed by atoms with Gasteiger partial charge in [0.25, 0.3) is 0 Å². The lowest BCUT2D eigenvalue weighted by Gasteiger charge is -2.18. The lowest BCUT2D eigenvalue weighted by Crippen LogP contribution is -2.43. The van der Waals surface area contributed by atoms with Crippen molar-refractivity contribution in [1.82, 2.24) is 5.32 Å². The maximum Gasteiger partial charge on any atom is 0.328 e. The molecule has 0 aromatic heterocycles. The topological polar surface area (TPSA) is 64.6 Å². The number of hydrogen-bond acceptors (Lipinski definition) is 5. The van der Waals surface area contributed by atoms with Crippen molar-refractivity contribution in [2.75, 3.05) is 20.0 Å². The smallest absolute Gasteiger partial charge is 0.328 e. The fourth-order valence-corrected chi connectivity index (χ4v) is 2.59. The molecule has 0 aliphatic rings. The normalized spacial score (nSPS) is 11.9. The van der Waals surface area contributed by atoms with Gasteiger partial charge in [0.1, 0.15) is 11.8 Å². The average Bonchev–Trinajstić information content (AvgIpc) is 2.51. The number of thioether (sulfide) groups is 1. The Hall–Kier alpha value is -1.69. The zero-order valence-corrected chi connectivity index (χ0v) is 14.2. The Morgan fingerprint density at radius 1 is 1.18 bits per heavy atom. The lowest BCUT2D eigenvalue weighted by atomic mass is 10.0. The molecule has 0 saturated carbocycles. The minimum atomic E-state index is -0.589. The molecule has 0 bridgehead atoms. The molecule has 0 spiro atoms. The second-order valence-corrected chi connectivity index (χ2v) is 6.29. The Labute approximate surface area is 135 Å². The first-order chi connectivity index (χ1) is 10.5. The number of esters is 1. The quantitative estimate of drug-likeness (QED) is 0.588. The summed E-state index contributed by atoms with van der Waals surface area (Å²) in [6.45, 7) is 3.99. The van der Waals surface area contributed by atoms with Crippen LogP contribution in [0.2, 0.25) is 0 Å². The van der Waals surface area contributed by atoms with Crippen molar-refractivity contribution >= 4 is 23.6 Å². The second-order valence-electron chi connectivity index (χ2n) is 5.24. The molecule has 0 fully saturated rings. The summed E-state index contributed by atoms with van der Waals surface area (Å²) in [6.07, 6.45) is 0.561. The third-order valence-electron chi connectivity index (χ3n) is 2.96. The van der Waals surface area contributed by atoms with Gasteiger partial charge in [0.15, 0.2) is 0 Å². The molecule has 1 aromatic carbocycles. The van der Waals surface area contributed by atoms with Crippen LogP contribution in [0.5, 0.6) is 5.75 Å². The van der Waals surface area contributed by atoms with E-state index in [4.69, 9.17) is 9.47 Å². The predicted octanol–water partition coefficient (Wildman–Crippen LogP) is 2.49. The lowest BCUT2D eigenvalue weighted by molar-refractivity contribution is -0.145. The maximum absolute atomic E-state index is 12.0. The van der Waals surface area contributed by atoms with Crippen molar-refractivity contribution < 1.29 is 19.1 Å². The standard InChI is InChI=1S/C16H23NO4S/c1-11(2)9-14(16(19)21-4)17-15(18)10-22-13-7-5-12(20-3)6-8-13/h5-8,11,14H,9-10H2,1-4H3,(H,17,18)/t14-/m1/s1. The van der Waals surface area contributed by atoms with Crippen molar-refractivity contribution in [3.05, 3.63) is 24.3 Å². The zero-order chi connectivity index (χ0) is 16.5. The summed E-state index contributed by atoms with van der Waals surface area (Å²) in [4.78, 5) is 24.6. The van der Waals surface area contributed by atoms with Crippen LogP contribution in [-0.4, -0.2) is 37.9 Å². The van der Waals surface area contributed by atoms with E-state index >= 15 is 0 Å². The number of carbonyl (C=O) groups is 2. The summed E-state index contributed by atoms with van der Waals surface area (Å²) in [7, 11) is 2.94. The molecule has 6 heteroatoms. The number of rotatable bonds is 8. The van der Waals surface area contributed by atoms with Crippen LogP contribution in [0.4, 0.5) is 0 Å². The van der Waals surface area contributed by atoms with Crippen LogP contribution < -0.4 is 10.1 Å². The Bertz CT molecular complexity index is 487. The summed E-state index contributed by atoms with van der Waals surface area (Å²) < 4.78 is 9.81. The summed E-state index contributed by atoms with van der Waals surface area (Å²) in [5, 5.41) is 2.73. The molecule has 1 atom stereocenters. The highest BCUT2D eigenvalue weighted by molar-refractivity contribution is 8.00. The van der Waals surface area contributed by atoms with E-state index in [1.54, 1.807) is 7.11 Å². The summed E-state index contributed by atoms with van der Waals surface area (Å²) in [6, 6.07) is 6.88. The van der Waals surface area contributed by atoms with Crippen LogP contribution >= 0.6 is 11.8 Å². The molecule has 0 heterocycles. The van der Waals surface area contributed by atoms with Crippen molar-refractivity contribution in [1.29, 1.82) is 0 Å². The van der Waals surface area contributed by atoms with E-state index in [0.717, 1.165) is 10.6 Å². The Kier molecular flexibility index (Phi) is 7.80. The molecular weight excluding hydrogens is 302 g/mol. The minimum Gasteiger partial charge on any atom is -0.497 e. The fourth-order valence-electron chi connectivity index (χ4n) is 1.88. The Morgan fingerprint density at radius 3 is 2.32 bits per heavy atom. The third-order valence-corrected chi connectivity index (χ3v) is 3.97. The second kappa shape index (κ2) is 9.35. The van der Waals surface area contributed by atoms with E-state index in [0.29, 0.717) is 12.3 Å². The highest BCUT2D eigenvalue weighted by Gasteiger charge is 2.22. The van der Waals surface area contributed by atoms with Gasteiger partial charge in [0.2, 0.25) is 5.91 Å². The molecule has 1 amide bonds. The SMILES string of the molecule is COC(=O)[C@@H](CC(C)C)NC(=O)CSc1ccc(OC)cc1. The largest absolute Gasteiger partial charge is 0.497 e. The van der Waals surface area contributed by atoms with Gasteiger partial charge in [-0.05, 0) is 36.6 Å². The monoisotopic (exact) mass is 325 g/mol. The van der Waals surface area contributed by atoms with E-state index in [9.17, 15) is 9.59 Å². The Balaban J connectivity index is 2.50. The van der Waals surface area contributed by atoms with Crippen LogP contribution in [0.3, 0.4) is 0 Å². The van der Waals surface area contributed by atoms with Crippen LogP contribution in [0.1, 0.15) is 20.3 Å². The summed E-state index contributed by atoms with van der Waals surface area (Å²) >= 11 is 1.41. The van der Waals surface area contributed by atoms with Crippen molar-refractivity contribution in [2.24, 2.45) is 5.92 Å². The van der Waals surface area contributed by atoms with Crippen LogP contribution in [0, 0.1) is 5.92 Å². The van der Waals surface area contributed by atoms with E-state index in [1.807, 2.05) is 38.1 Å². The first-order valence-corrected chi connectivity index (χ1v) is 8.08. The van der Waals surface area contributed by atoms with E-state index in [-0.39, 0.29) is 11.7 Å². The van der Waals surface area contributed by atoms with Crippen LogP contribution in [0.25, 0.3) is 0 Å². The fraction of sp³-hybridized carbons (Fsp3) is 0.500. The molecule has 1 aromatic rings. The van der Waals surface area contributed by atoms with Crippen molar-refractivity contribution in [3.8, 4) is 5.75 Å². The number of carbonyl (C=O) groups excluding carboxylic acids is 2. The third kappa shape index (κ3) is 6.39. The van der Waals surface area contributed by atoms with Gasteiger partial charge in [0, 0.05) is 4.90 Å². The predicted molar refractivity (Wildman–Crippen MR) is 87.1 cm³/mol. The molecule has 0 radical (unpaired) electrons. The van der Waals surface area contributed by atoms with E-state index < -0.39 is 12.0 Å². The first-order valence-electron chi connectivity index (χ1n) is 7.10. The minimum absolute atomic E-state index is 0.183. The van der Waals surface area contributed by atoms with Gasteiger partial charge in [-0.15, -0.1) is 11.8 Å². The molecule has 1 rings (SSSR count). The highest BCUT2D eigenvalue weighted by atomic mass is 32.2. The number of amides is 1. The van der Waals surface area contributed by atoms with Crippen LogP contribution in [-0.2, 0) is 14.3 Å². The summed E-state index contributed by atoms with van der Waals surface area (Å²) in [5.41, 5.74) is 0. The summed E-state index contributed by atoms with van der Waals surface area (Å²) in [5.74, 6) is 0.723. The van der Waals surface area contributed by atoms with Gasteiger partial charge in [-0.1, -0.05) is 13.8 Å². The van der Waals surface area contributed by atoms with E-state index in [1.165, 1.54) is 18.9 Å². The van der Waals surface area contributed by atoms with E-state index in [2.05, 4.69) is 5.32 Å². The molecule has 5 nitrogen and oxygen atoms in total. The number of methoxy groups -OCH3 is 2. The molecule has 0 saturated heterocycles. The van der Waals surface area contributed by atoms with Gasteiger partial charge in [-0.25, -0.2) is 4.79 Å². The number of benzene rings is 1. The zero-order valence-electron chi connectivity index (χ0n) is 13.4. The molecule has 0 aliphatic heterocycles. The van der Waals surface area contributed by atoms with Gasteiger partial charge >= 0.3 is 5.97 Å². The molecule has 0 aliphatic carbocycles. The maximum atomic E-state index is 12.0. The molecular formula is C16H23NO4S. The highest BCUT2D eigenvalue weighted by Crippen LogP contribution is 2.21. The molecule has 122 valence electrons. The average molecular weight is 325 g/mol. The molecule has 0 unspecified atom stereocenters.